The van der Waals surface area contributed by atoms with E-state index >= 15 is 0 Å². The van der Waals surface area contributed by atoms with Crippen molar-refractivity contribution in [1.29, 1.82) is 0 Å². The Morgan fingerprint density at radius 1 is 0.833 bits per heavy atom. The molecule has 13 heteroatoms. The second kappa shape index (κ2) is 13.4. The summed E-state index contributed by atoms with van der Waals surface area (Å²) in [5.41, 5.74) is 2.09. The Kier molecular flexibility index (Phi) is 9.47. The van der Waals surface area contributed by atoms with E-state index in [-0.39, 0.29) is 30.9 Å². The largest absolute Gasteiger partial charge is 0.498 e. The number of sulfonamides is 2. The molecule has 0 aliphatic carbocycles. The van der Waals surface area contributed by atoms with Gasteiger partial charge < -0.3 is 4.74 Å². The normalized spacial score (nSPS) is 20.7. The van der Waals surface area contributed by atoms with Crippen LogP contribution in [-0.2, 0) is 24.8 Å². The van der Waals surface area contributed by atoms with Gasteiger partial charge in [0.25, 0.3) is 15.7 Å². The van der Waals surface area contributed by atoms with E-state index in [1.807, 2.05) is 32.0 Å². The second-order valence-electron chi connectivity index (χ2n) is 11.8. The molecule has 4 aromatic carbocycles. The van der Waals surface area contributed by atoms with Gasteiger partial charge in [-0.25, -0.2) is 16.8 Å². The average molecular weight is 708 g/mol. The molecule has 0 N–H and O–H groups in total. The van der Waals surface area contributed by atoms with Crippen LogP contribution in [0.3, 0.4) is 0 Å². The van der Waals surface area contributed by atoms with Crippen molar-refractivity contribution in [1.82, 2.24) is 8.61 Å². The van der Waals surface area contributed by atoms with Gasteiger partial charge >= 0.3 is 0 Å². The summed E-state index contributed by atoms with van der Waals surface area (Å²) in [5, 5.41) is 12.5. The van der Waals surface area contributed by atoms with E-state index in [1.54, 1.807) is 60.7 Å². The lowest BCUT2D eigenvalue weighted by Crippen LogP contribution is -2.55. The summed E-state index contributed by atoms with van der Waals surface area (Å²) in [5.74, 6) is 0.499. The number of benzene rings is 4. The maximum absolute atomic E-state index is 14.8. The van der Waals surface area contributed by atoms with Gasteiger partial charge in [0.05, 0.1) is 40.3 Å². The summed E-state index contributed by atoms with van der Waals surface area (Å²) in [6, 6.07) is 25.2. The van der Waals surface area contributed by atoms with Gasteiger partial charge in [-0.1, -0.05) is 83.9 Å². The topological polar surface area (TPSA) is 127 Å². The Balaban J connectivity index is 1.59. The quantitative estimate of drug-likeness (QED) is 0.133. The van der Waals surface area contributed by atoms with Gasteiger partial charge in [-0.05, 0) is 61.7 Å². The highest BCUT2D eigenvalue weighted by Crippen LogP contribution is 2.50. The number of halogens is 1. The zero-order valence-corrected chi connectivity index (χ0v) is 28.7. The van der Waals surface area contributed by atoms with E-state index in [9.17, 15) is 26.9 Å². The number of hydrogen-bond acceptors (Lipinski definition) is 7. The van der Waals surface area contributed by atoms with Crippen LogP contribution < -0.4 is 0 Å². The fourth-order valence-electron chi connectivity index (χ4n) is 6.66. The molecule has 3 atom stereocenters. The van der Waals surface area contributed by atoms with Crippen molar-refractivity contribution in [3.63, 3.8) is 0 Å². The zero-order valence-electron chi connectivity index (χ0n) is 26.3. The third-order valence-electron chi connectivity index (χ3n) is 8.86. The molecule has 0 saturated carbocycles. The average Bonchev–Trinajstić information content (AvgIpc) is 3.08. The highest BCUT2D eigenvalue weighted by atomic mass is 35.5. The number of nitrogens with zero attached hydrogens (tertiary/aromatic N) is 3. The Labute approximate surface area is 285 Å². The SMILES string of the molecule is CCOC1=C2CN(S(=O)(=O)c3ccc(C)cc3)[C@H](c3cccc(Cl)c3)C[C@@H]2N(S(=O)(=O)c2ccccc2[N+](=O)[O-])[C@H](c2ccccc2)C1. The molecular formula is C35H34ClN3O7S2. The number of aryl methyl sites for hydroxylation is 1. The minimum absolute atomic E-state index is 0.000532. The van der Waals surface area contributed by atoms with E-state index in [1.165, 1.54) is 32.9 Å². The molecule has 2 heterocycles. The van der Waals surface area contributed by atoms with E-state index in [4.69, 9.17) is 16.3 Å². The number of ether oxygens (including phenoxy) is 1. The first kappa shape index (κ1) is 33.8. The molecule has 0 aromatic heterocycles. The van der Waals surface area contributed by atoms with E-state index < -0.39 is 53.7 Å². The lowest BCUT2D eigenvalue weighted by Gasteiger charge is -2.49. The van der Waals surface area contributed by atoms with E-state index in [0.29, 0.717) is 27.5 Å². The smallest absolute Gasteiger partial charge is 0.289 e. The lowest BCUT2D eigenvalue weighted by molar-refractivity contribution is -0.387. The molecule has 2 aliphatic heterocycles. The maximum atomic E-state index is 14.8. The molecule has 0 unspecified atom stereocenters. The summed E-state index contributed by atoms with van der Waals surface area (Å²) in [7, 11) is -8.68. The highest BCUT2D eigenvalue weighted by molar-refractivity contribution is 7.89. The first-order chi connectivity index (χ1) is 22.9. The summed E-state index contributed by atoms with van der Waals surface area (Å²) < 4.78 is 67.5. The monoisotopic (exact) mass is 707 g/mol. The predicted molar refractivity (Wildman–Crippen MR) is 182 cm³/mol. The molecule has 0 bridgehead atoms. The third kappa shape index (κ3) is 6.26. The number of nitro benzene ring substituents is 1. The molecule has 2 aliphatic rings. The van der Waals surface area contributed by atoms with E-state index in [0.717, 1.165) is 5.56 Å². The first-order valence-corrected chi connectivity index (χ1v) is 18.7. The fraction of sp³-hybridized carbons (Fsp3) is 0.257. The van der Waals surface area contributed by atoms with Crippen LogP contribution in [0.1, 0.15) is 48.5 Å². The molecule has 10 nitrogen and oxygen atoms in total. The second-order valence-corrected chi connectivity index (χ2v) is 15.9. The van der Waals surface area contributed by atoms with Crippen LogP contribution in [0, 0.1) is 17.0 Å². The lowest BCUT2D eigenvalue weighted by atomic mass is 9.84. The number of piperidine rings is 1. The van der Waals surface area contributed by atoms with Crippen molar-refractivity contribution in [3.05, 3.63) is 146 Å². The number of nitro groups is 1. The van der Waals surface area contributed by atoms with Gasteiger partial charge in [-0.15, -0.1) is 0 Å². The van der Waals surface area contributed by atoms with Crippen LogP contribution in [0.5, 0.6) is 0 Å². The Bertz CT molecular complexity index is 2090. The number of fused-ring (bicyclic) bond motifs is 1. The Hall–Kier alpha value is -4.07. The van der Waals surface area contributed by atoms with Crippen LogP contribution in [-0.4, -0.2) is 49.6 Å². The van der Waals surface area contributed by atoms with Gasteiger partial charge in [0.1, 0.15) is 0 Å². The van der Waals surface area contributed by atoms with Crippen LogP contribution in [0.25, 0.3) is 0 Å². The van der Waals surface area contributed by atoms with Crippen molar-refractivity contribution < 1.29 is 26.5 Å². The molecule has 4 aromatic rings. The highest BCUT2D eigenvalue weighted by Gasteiger charge is 2.52. The fourth-order valence-corrected chi connectivity index (χ4v) is 10.4. The van der Waals surface area contributed by atoms with E-state index in [2.05, 4.69) is 0 Å². The molecular weight excluding hydrogens is 674 g/mol. The van der Waals surface area contributed by atoms with Crippen LogP contribution in [0.15, 0.2) is 124 Å². The summed E-state index contributed by atoms with van der Waals surface area (Å²) >= 11 is 6.43. The van der Waals surface area contributed by atoms with Gasteiger partial charge in [-0.3, -0.25) is 10.1 Å². The molecule has 48 heavy (non-hydrogen) atoms. The van der Waals surface area contributed by atoms with Crippen molar-refractivity contribution in [3.8, 4) is 0 Å². The summed E-state index contributed by atoms with van der Waals surface area (Å²) in [6.45, 7) is 3.78. The van der Waals surface area contributed by atoms with Crippen LogP contribution in [0.4, 0.5) is 5.69 Å². The molecule has 0 radical (unpaired) electrons. The first-order valence-electron chi connectivity index (χ1n) is 15.4. The molecule has 0 amide bonds. The predicted octanol–water partition coefficient (Wildman–Crippen LogP) is 7.19. The van der Waals surface area contributed by atoms with Gasteiger partial charge in [0.15, 0.2) is 4.90 Å². The number of hydrogen-bond donors (Lipinski definition) is 0. The van der Waals surface area contributed by atoms with Crippen LogP contribution in [0.2, 0.25) is 5.02 Å². The van der Waals surface area contributed by atoms with Gasteiger partial charge in [-0.2, -0.15) is 8.61 Å². The number of rotatable bonds is 9. The van der Waals surface area contributed by atoms with Crippen molar-refractivity contribution in [2.75, 3.05) is 13.2 Å². The standard InChI is InChI=1S/C35H34ClN3O7S2/c1-3-46-34-22-32(25-10-5-4-6-11-25)38(48(44,45)35-15-8-7-14-30(35)39(40)41)33-21-31(26-12-9-13-27(36)20-26)37(23-29(33)34)47(42,43)28-18-16-24(2)17-19-28/h4-20,31-33H,3,21-23H2,1-2H3/t31-,32-,33-/m0/s1. The minimum Gasteiger partial charge on any atom is -0.498 e. The molecule has 0 spiro atoms. The zero-order chi connectivity index (χ0) is 34.2. The van der Waals surface area contributed by atoms with Gasteiger partial charge in [0.2, 0.25) is 10.0 Å². The van der Waals surface area contributed by atoms with Crippen molar-refractivity contribution in [2.45, 2.75) is 54.6 Å². The summed E-state index contributed by atoms with van der Waals surface area (Å²) in [4.78, 5) is 11.1. The molecule has 1 saturated heterocycles. The number of para-hydroxylation sites is 1. The minimum atomic E-state index is -4.56. The molecule has 6 rings (SSSR count). The Morgan fingerprint density at radius 2 is 1.50 bits per heavy atom. The third-order valence-corrected chi connectivity index (χ3v) is 12.9. The molecule has 250 valence electrons. The maximum Gasteiger partial charge on any atom is 0.289 e. The molecule has 1 fully saturated rings. The Morgan fingerprint density at radius 3 is 2.17 bits per heavy atom. The van der Waals surface area contributed by atoms with Crippen LogP contribution >= 0.6 is 11.6 Å². The van der Waals surface area contributed by atoms with Crippen molar-refractivity contribution in [2.24, 2.45) is 0 Å². The van der Waals surface area contributed by atoms with Crippen molar-refractivity contribution >= 4 is 37.3 Å². The van der Waals surface area contributed by atoms with Gasteiger partial charge in [0, 0.05) is 29.6 Å². The summed E-state index contributed by atoms with van der Waals surface area (Å²) in [6.07, 6.45) is 0.102.